The van der Waals surface area contributed by atoms with Crippen LogP contribution in [0.1, 0.15) is 66.2 Å². The summed E-state index contributed by atoms with van der Waals surface area (Å²) < 4.78 is 0. The second kappa shape index (κ2) is 5.42. The molecule has 0 bridgehead atoms. The van der Waals surface area contributed by atoms with E-state index in [9.17, 15) is 15.0 Å². The second-order valence-corrected chi connectivity index (χ2v) is 9.25. The first-order chi connectivity index (χ1) is 10.7. The fourth-order valence-corrected chi connectivity index (χ4v) is 6.37. The third kappa shape index (κ3) is 2.26. The van der Waals surface area contributed by atoms with Crippen LogP contribution in [0.25, 0.3) is 0 Å². The van der Waals surface area contributed by atoms with Gasteiger partial charge in [0.15, 0.2) is 0 Å². The van der Waals surface area contributed by atoms with Crippen LogP contribution in [0.2, 0.25) is 0 Å². The van der Waals surface area contributed by atoms with Crippen molar-refractivity contribution in [1.29, 1.82) is 0 Å². The first-order valence-electron chi connectivity index (χ1n) is 9.19. The van der Waals surface area contributed by atoms with Crippen molar-refractivity contribution in [2.45, 2.75) is 72.3 Å². The van der Waals surface area contributed by atoms with Crippen molar-refractivity contribution < 1.29 is 15.0 Å². The van der Waals surface area contributed by atoms with Gasteiger partial charge in [0, 0.05) is 13.0 Å². The molecule has 0 aromatic heterocycles. The van der Waals surface area contributed by atoms with E-state index < -0.39 is 11.5 Å². The van der Waals surface area contributed by atoms with E-state index in [1.54, 1.807) is 0 Å². The number of carbonyl (C=O) groups excluding carboxylic acids is 1. The Kier molecular flexibility index (Phi) is 4.04. The molecule has 0 saturated heterocycles. The lowest BCUT2D eigenvalue weighted by Crippen LogP contribution is -2.63. The van der Waals surface area contributed by atoms with Crippen molar-refractivity contribution in [2.75, 3.05) is 6.61 Å². The fraction of sp³-hybridized carbons (Fsp3) is 0.850. The SMILES string of the molecule is CC1(C)CCC[C@]2(C)[C@H]3CC=C(CCO)[C@H](O)[C@@]3(C)C(=O)C[C@@H]12. The molecule has 0 aromatic rings. The van der Waals surface area contributed by atoms with Gasteiger partial charge >= 0.3 is 0 Å². The highest BCUT2D eigenvalue weighted by Crippen LogP contribution is 2.66. The van der Waals surface area contributed by atoms with E-state index in [1.807, 2.05) is 6.92 Å². The van der Waals surface area contributed by atoms with Crippen LogP contribution in [-0.4, -0.2) is 28.7 Å². The Balaban J connectivity index is 2.05. The summed E-state index contributed by atoms with van der Waals surface area (Å²) in [6.45, 7) is 9.02. The molecule has 3 aliphatic carbocycles. The van der Waals surface area contributed by atoms with Gasteiger partial charge in [-0.15, -0.1) is 0 Å². The highest BCUT2D eigenvalue weighted by molar-refractivity contribution is 5.88. The lowest BCUT2D eigenvalue weighted by molar-refractivity contribution is -0.177. The Hall–Kier alpha value is -0.670. The lowest BCUT2D eigenvalue weighted by atomic mass is 9.40. The summed E-state index contributed by atoms with van der Waals surface area (Å²) in [5.74, 6) is 0.851. The number of rotatable bonds is 2. The molecule has 2 N–H and O–H groups in total. The van der Waals surface area contributed by atoms with Crippen molar-refractivity contribution >= 4 is 5.78 Å². The van der Waals surface area contributed by atoms with Gasteiger partial charge in [-0.1, -0.05) is 33.3 Å². The maximum Gasteiger partial charge on any atom is 0.142 e. The van der Waals surface area contributed by atoms with Crippen molar-refractivity contribution in [1.82, 2.24) is 0 Å². The molecule has 2 saturated carbocycles. The molecule has 0 radical (unpaired) electrons. The van der Waals surface area contributed by atoms with E-state index in [1.165, 1.54) is 12.8 Å². The van der Waals surface area contributed by atoms with Crippen LogP contribution < -0.4 is 0 Å². The molecular formula is C20H32O3. The van der Waals surface area contributed by atoms with Crippen LogP contribution in [0.4, 0.5) is 0 Å². The van der Waals surface area contributed by atoms with Crippen LogP contribution in [0.3, 0.4) is 0 Å². The molecule has 3 rings (SSSR count). The van der Waals surface area contributed by atoms with Gasteiger partial charge in [-0.25, -0.2) is 0 Å². The molecule has 5 atom stereocenters. The molecule has 0 aliphatic heterocycles. The molecule has 3 nitrogen and oxygen atoms in total. The summed E-state index contributed by atoms with van der Waals surface area (Å²) in [6, 6.07) is 0. The average Bonchev–Trinajstić information content (AvgIpc) is 2.46. The first kappa shape index (κ1) is 17.2. The van der Waals surface area contributed by atoms with Gasteiger partial charge in [-0.05, 0) is 60.8 Å². The fourth-order valence-electron chi connectivity index (χ4n) is 6.37. The Morgan fingerprint density at radius 3 is 2.52 bits per heavy atom. The Labute approximate surface area is 140 Å². The summed E-state index contributed by atoms with van der Waals surface area (Å²) >= 11 is 0. The highest BCUT2D eigenvalue weighted by Gasteiger charge is 2.64. The number of hydrogen-bond donors (Lipinski definition) is 2. The van der Waals surface area contributed by atoms with Gasteiger partial charge in [0.2, 0.25) is 0 Å². The largest absolute Gasteiger partial charge is 0.396 e. The third-order valence-electron chi connectivity index (χ3n) is 7.72. The highest BCUT2D eigenvalue weighted by atomic mass is 16.3. The molecule has 0 aromatic carbocycles. The van der Waals surface area contributed by atoms with Gasteiger partial charge in [-0.3, -0.25) is 4.79 Å². The molecule has 2 fully saturated rings. The molecule has 0 heterocycles. The third-order valence-corrected chi connectivity index (χ3v) is 7.72. The minimum absolute atomic E-state index is 0.0325. The number of aliphatic hydroxyl groups is 2. The van der Waals surface area contributed by atoms with Crippen molar-refractivity contribution in [3.8, 4) is 0 Å². The van der Waals surface area contributed by atoms with E-state index in [4.69, 9.17) is 0 Å². The van der Waals surface area contributed by atoms with Crippen LogP contribution in [0, 0.1) is 28.1 Å². The average molecular weight is 320 g/mol. The summed E-state index contributed by atoms with van der Waals surface area (Å²) in [7, 11) is 0. The van der Waals surface area contributed by atoms with Crippen LogP contribution >= 0.6 is 0 Å². The summed E-state index contributed by atoms with van der Waals surface area (Å²) in [4.78, 5) is 13.1. The van der Waals surface area contributed by atoms with Gasteiger partial charge in [-0.2, -0.15) is 0 Å². The van der Waals surface area contributed by atoms with E-state index in [0.717, 1.165) is 18.4 Å². The van der Waals surface area contributed by atoms with Crippen molar-refractivity contribution in [3.63, 3.8) is 0 Å². The number of Topliss-reactive ketones (excluding diaryl/α,β-unsaturated/α-hetero) is 1. The number of allylic oxidation sites excluding steroid dienone is 1. The van der Waals surface area contributed by atoms with E-state index in [2.05, 4.69) is 26.8 Å². The molecular weight excluding hydrogens is 288 g/mol. The molecule has 23 heavy (non-hydrogen) atoms. The number of hydrogen-bond acceptors (Lipinski definition) is 3. The summed E-state index contributed by atoms with van der Waals surface area (Å²) in [5.41, 5.74) is 0.492. The molecule has 130 valence electrons. The minimum atomic E-state index is -0.733. The van der Waals surface area contributed by atoms with Crippen LogP contribution in [0.15, 0.2) is 11.6 Å². The van der Waals surface area contributed by atoms with E-state index >= 15 is 0 Å². The smallest absolute Gasteiger partial charge is 0.142 e. The molecule has 3 aliphatic rings. The number of aliphatic hydroxyl groups excluding tert-OH is 2. The number of carbonyl (C=O) groups is 1. The van der Waals surface area contributed by atoms with Crippen molar-refractivity contribution in [3.05, 3.63) is 11.6 Å². The molecule has 0 unspecified atom stereocenters. The van der Waals surface area contributed by atoms with Gasteiger partial charge in [0.05, 0.1) is 11.5 Å². The van der Waals surface area contributed by atoms with Gasteiger partial charge in [0.1, 0.15) is 5.78 Å². The van der Waals surface area contributed by atoms with Gasteiger partial charge in [0.25, 0.3) is 0 Å². The van der Waals surface area contributed by atoms with E-state index in [-0.39, 0.29) is 29.1 Å². The normalized spacial score (nSPS) is 45.9. The maximum absolute atomic E-state index is 13.1. The summed E-state index contributed by atoms with van der Waals surface area (Å²) in [5, 5.41) is 20.2. The maximum atomic E-state index is 13.1. The Morgan fingerprint density at radius 2 is 1.87 bits per heavy atom. The molecule has 3 heteroatoms. The minimum Gasteiger partial charge on any atom is -0.396 e. The second-order valence-electron chi connectivity index (χ2n) is 9.25. The number of ketones is 1. The van der Waals surface area contributed by atoms with Crippen LogP contribution in [0.5, 0.6) is 0 Å². The number of fused-ring (bicyclic) bond motifs is 3. The van der Waals surface area contributed by atoms with Gasteiger partial charge < -0.3 is 10.2 Å². The molecule has 0 spiro atoms. The van der Waals surface area contributed by atoms with E-state index in [0.29, 0.717) is 18.8 Å². The Bertz CT molecular complexity index is 535. The predicted molar refractivity (Wildman–Crippen MR) is 90.9 cm³/mol. The topological polar surface area (TPSA) is 57.5 Å². The zero-order valence-corrected chi connectivity index (χ0v) is 15.1. The lowest BCUT2D eigenvalue weighted by Gasteiger charge is -2.63. The van der Waals surface area contributed by atoms with Crippen LogP contribution in [-0.2, 0) is 4.79 Å². The van der Waals surface area contributed by atoms with Crippen molar-refractivity contribution in [2.24, 2.45) is 28.1 Å². The molecule has 0 amide bonds. The quantitative estimate of drug-likeness (QED) is 0.766. The zero-order valence-electron chi connectivity index (χ0n) is 15.1. The predicted octanol–water partition coefficient (Wildman–Crippen LogP) is 3.49. The summed E-state index contributed by atoms with van der Waals surface area (Å²) in [6.07, 6.45) is 6.87. The standard InChI is InChI=1S/C20H32O3/c1-18(2)9-5-10-19(3)14-7-6-13(8-11-21)17(23)20(14,4)16(22)12-15(18)19/h6,14-15,17,21,23H,5,7-12H2,1-4H3/t14-,15+,17+,19-,20-/m1/s1. The monoisotopic (exact) mass is 320 g/mol. The Morgan fingerprint density at radius 1 is 1.17 bits per heavy atom. The zero-order chi connectivity index (χ0) is 17.0. The first-order valence-corrected chi connectivity index (χ1v) is 9.19.